The second kappa shape index (κ2) is 4.81. The first-order chi connectivity index (χ1) is 8.47. The summed E-state index contributed by atoms with van der Waals surface area (Å²) in [5, 5.41) is 0. The fourth-order valence-corrected chi connectivity index (χ4v) is 1.80. The number of allylic oxidation sites excluding steroid dienone is 2. The van der Waals surface area contributed by atoms with E-state index in [9.17, 15) is 4.79 Å². The number of carbonyl (C=O) groups is 1. The molecule has 0 atom stereocenters. The summed E-state index contributed by atoms with van der Waals surface area (Å²) < 4.78 is 5.32. The summed E-state index contributed by atoms with van der Waals surface area (Å²) in [6.07, 6.45) is 7.36. The van der Waals surface area contributed by atoms with Crippen molar-refractivity contribution in [2.24, 2.45) is 5.92 Å². The van der Waals surface area contributed by atoms with E-state index < -0.39 is 0 Å². The van der Waals surface area contributed by atoms with Crippen molar-refractivity contribution in [2.45, 2.75) is 26.2 Å². The van der Waals surface area contributed by atoms with E-state index in [0.29, 0.717) is 5.75 Å². The summed E-state index contributed by atoms with van der Waals surface area (Å²) in [6, 6.07) is 7.70. The normalized spacial score (nSPS) is 15.1. The van der Waals surface area contributed by atoms with Gasteiger partial charge in [-0.25, -0.2) is 0 Å². The van der Waals surface area contributed by atoms with Crippen LogP contribution < -0.4 is 4.74 Å². The van der Waals surface area contributed by atoms with Crippen molar-refractivity contribution in [1.29, 1.82) is 0 Å². The van der Waals surface area contributed by atoms with Crippen LogP contribution in [0.1, 0.15) is 26.3 Å². The predicted octanol–water partition coefficient (Wildman–Crippen LogP) is 3.63. The molecule has 0 aliphatic heterocycles. The lowest BCUT2D eigenvalue weighted by Gasteiger charge is -2.19. The number of esters is 1. The highest BCUT2D eigenvalue weighted by atomic mass is 16.5. The molecule has 0 saturated heterocycles. The molecule has 94 valence electrons. The minimum absolute atomic E-state index is 0.111. The van der Waals surface area contributed by atoms with Crippen LogP contribution >= 0.6 is 0 Å². The molecule has 2 heteroatoms. The van der Waals surface area contributed by atoms with Crippen molar-refractivity contribution in [1.82, 2.24) is 0 Å². The van der Waals surface area contributed by atoms with Gasteiger partial charge in [0.25, 0.3) is 0 Å². The summed E-state index contributed by atoms with van der Waals surface area (Å²) in [4.78, 5) is 11.8. The second-order valence-corrected chi connectivity index (χ2v) is 5.49. The molecular weight excluding hydrogens is 224 g/mol. The van der Waals surface area contributed by atoms with E-state index in [0.717, 1.165) is 0 Å². The summed E-state index contributed by atoms with van der Waals surface area (Å²) in [5.74, 6) is 0.123. The first kappa shape index (κ1) is 12.6. The van der Waals surface area contributed by atoms with Crippen LogP contribution in [-0.4, -0.2) is 5.97 Å². The van der Waals surface area contributed by atoms with Crippen LogP contribution in [-0.2, 0) is 10.2 Å². The topological polar surface area (TPSA) is 26.3 Å². The highest BCUT2D eigenvalue weighted by Gasteiger charge is 2.17. The van der Waals surface area contributed by atoms with Crippen molar-refractivity contribution in [3.8, 4) is 5.75 Å². The Labute approximate surface area is 108 Å². The fraction of sp³-hybridized carbons (Fsp3) is 0.312. The molecule has 1 aromatic carbocycles. The van der Waals surface area contributed by atoms with Gasteiger partial charge in [-0.05, 0) is 23.1 Å². The van der Waals surface area contributed by atoms with Gasteiger partial charge in [0.15, 0.2) is 0 Å². The average molecular weight is 242 g/mol. The molecule has 0 fully saturated rings. The molecule has 0 bridgehead atoms. The summed E-state index contributed by atoms with van der Waals surface area (Å²) in [7, 11) is 0. The van der Waals surface area contributed by atoms with Crippen LogP contribution in [0.25, 0.3) is 0 Å². The first-order valence-electron chi connectivity index (χ1n) is 6.14. The minimum Gasteiger partial charge on any atom is -0.426 e. The molecular formula is C16H18O2. The number of ether oxygens (including phenoxy) is 1. The smallest absolute Gasteiger partial charge is 0.322 e. The van der Waals surface area contributed by atoms with Crippen LogP contribution in [0, 0.1) is 5.92 Å². The van der Waals surface area contributed by atoms with Gasteiger partial charge in [-0.1, -0.05) is 57.2 Å². The third-order valence-electron chi connectivity index (χ3n) is 2.96. The van der Waals surface area contributed by atoms with Gasteiger partial charge in [-0.15, -0.1) is 0 Å². The minimum atomic E-state index is -0.243. The number of hydrogen-bond donors (Lipinski definition) is 0. The largest absolute Gasteiger partial charge is 0.426 e. The van der Waals surface area contributed by atoms with Crippen LogP contribution in [0.2, 0.25) is 0 Å². The highest BCUT2D eigenvalue weighted by molar-refractivity contribution is 5.79. The van der Waals surface area contributed by atoms with Gasteiger partial charge in [-0.3, -0.25) is 4.79 Å². The Morgan fingerprint density at radius 3 is 2.11 bits per heavy atom. The van der Waals surface area contributed by atoms with Crippen LogP contribution in [0.3, 0.4) is 0 Å². The fourth-order valence-electron chi connectivity index (χ4n) is 1.80. The molecule has 0 saturated carbocycles. The van der Waals surface area contributed by atoms with E-state index in [1.165, 1.54) is 5.56 Å². The molecule has 0 radical (unpaired) electrons. The van der Waals surface area contributed by atoms with Crippen LogP contribution in [0.5, 0.6) is 5.75 Å². The lowest BCUT2D eigenvalue weighted by molar-refractivity contribution is -0.135. The SMILES string of the molecule is CC(C)(C)c1ccc(OC(=O)C2C=CC=C2)cc1. The van der Waals surface area contributed by atoms with Gasteiger partial charge in [0.2, 0.25) is 0 Å². The molecule has 0 N–H and O–H groups in total. The van der Waals surface area contributed by atoms with Crippen LogP contribution in [0.15, 0.2) is 48.6 Å². The van der Waals surface area contributed by atoms with Crippen molar-refractivity contribution in [3.63, 3.8) is 0 Å². The third kappa shape index (κ3) is 2.89. The Kier molecular flexibility index (Phi) is 3.37. The van der Waals surface area contributed by atoms with E-state index >= 15 is 0 Å². The van der Waals surface area contributed by atoms with Gasteiger partial charge < -0.3 is 4.74 Å². The van der Waals surface area contributed by atoms with E-state index in [1.54, 1.807) is 0 Å². The zero-order chi connectivity index (χ0) is 13.2. The lowest BCUT2D eigenvalue weighted by Crippen LogP contribution is -2.16. The summed E-state index contributed by atoms with van der Waals surface area (Å²) in [6.45, 7) is 6.46. The van der Waals surface area contributed by atoms with Crippen molar-refractivity contribution >= 4 is 5.97 Å². The number of hydrogen-bond acceptors (Lipinski definition) is 2. The molecule has 2 nitrogen and oxygen atoms in total. The van der Waals surface area contributed by atoms with E-state index in [1.807, 2.05) is 48.6 Å². The zero-order valence-electron chi connectivity index (χ0n) is 11.0. The molecule has 1 aromatic rings. The number of rotatable bonds is 2. The summed E-state index contributed by atoms with van der Waals surface area (Å²) in [5.41, 5.74) is 1.34. The van der Waals surface area contributed by atoms with Crippen LogP contribution in [0.4, 0.5) is 0 Å². The Balaban J connectivity index is 2.04. The maximum atomic E-state index is 11.8. The van der Waals surface area contributed by atoms with Gasteiger partial charge in [0.05, 0.1) is 5.92 Å². The molecule has 18 heavy (non-hydrogen) atoms. The lowest BCUT2D eigenvalue weighted by atomic mass is 9.87. The average Bonchev–Trinajstić information content (AvgIpc) is 2.82. The van der Waals surface area contributed by atoms with Gasteiger partial charge >= 0.3 is 5.97 Å². The van der Waals surface area contributed by atoms with Gasteiger partial charge in [0, 0.05) is 0 Å². The maximum absolute atomic E-state index is 11.8. The standard InChI is InChI=1S/C16H18O2/c1-16(2,3)13-8-10-14(11-9-13)18-15(17)12-6-4-5-7-12/h4-12H,1-3H3. The van der Waals surface area contributed by atoms with Crippen molar-refractivity contribution < 1.29 is 9.53 Å². The molecule has 1 aliphatic rings. The highest BCUT2D eigenvalue weighted by Crippen LogP contribution is 2.24. The summed E-state index contributed by atoms with van der Waals surface area (Å²) >= 11 is 0. The molecule has 0 heterocycles. The molecule has 0 unspecified atom stereocenters. The van der Waals surface area contributed by atoms with Crippen molar-refractivity contribution in [3.05, 3.63) is 54.1 Å². The molecule has 2 rings (SSSR count). The van der Waals surface area contributed by atoms with Crippen molar-refractivity contribution in [2.75, 3.05) is 0 Å². The third-order valence-corrected chi connectivity index (χ3v) is 2.96. The maximum Gasteiger partial charge on any atom is 0.322 e. The second-order valence-electron chi connectivity index (χ2n) is 5.49. The molecule has 0 spiro atoms. The Hall–Kier alpha value is -1.83. The van der Waals surface area contributed by atoms with Gasteiger partial charge in [-0.2, -0.15) is 0 Å². The van der Waals surface area contributed by atoms with E-state index in [-0.39, 0.29) is 17.3 Å². The Bertz CT molecular complexity index is 475. The monoisotopic (exact) mass is 242 g/mol. The molecule has 0 aromatic heterocycles. The van der Waals surface area contributed by atoms with E-state index in [2.05, 4.69) is 20.8 Å². The van der Waals surface area contributed by atoms with Gasteiger partial charge in [0.1, 0.15) is 5.75 Å². The Morgan fingerprint density at radius 2 is 1.61 bits per heavy atom. The molecule has 0 amide bonds. The first-order valence-corrected chi connectivity index (χ1v) is 6.14. The predicted molar refractivity (Wildman–Crippen MR) is 72.5 cm³/mol. The Morgan fingerprint density at radius 1 is 1.06 bits per heavy atom. The number of benzene rings is 1. The quantitative estimate of drug-likeness (QED) is 0.584. The zero-order valence-corrected chi connectivity index (χ0v) is 11.0. The number of carbonyl (C=O) groups excluding carboxylic acids is 1. The van der Waals surface area contributed by atoms with E-state index in [4.69, 9.17) is 4.74 Å². The molecule has 1 aliphatic carbocycles.